The quantitative estimate of drug-likeness (QED) is 0.608. The lowest BCUT2D eigenvalue weighted by Crippen LogP contribution is -2.32. The highest BCUT2D eigenvalue weighted by Crippen LogP contribution is 2.07. The van der Waals surface area contributed by atoms with Crippen LogP contribution in [0.25, 0.3) is 0 Å². The number of anilines is 1. The monoisotopic (exact) mass is 311 g/mol. The normalized spacial score (nSPS) is 14.0. The Balaban J connectivity index is 2.69. The van der Waals surface area contributed by atoms with Gasteiger partial charge in [-0.25, -0.2) is 4.18 Å². The van der Waals surface area contributed by atoms with Crippen LogP contribution in [0.15, 0.2) is 30.3 Å². The molecule has 19 heavy (non-hydrogen) atoms. The second-order valence-corrected chi connectivity index (χ2v) is 6.19. The molecule has 3 N–H and O–H groups in total. The van der Waals surface area contributed by atoms with E-state index in [1.54, 1.807) is 30.3 Å². The average molecular weight is 311 g/mol. The van der Waals surface area contributed by atoms with Crippen LogP contribution in [0.5, 0.6) is 0 Å². The van der Waals surface area contributed by atoms with Crippen molar-refractivity contribution in [3.8, 4) is 0 Å². The molecular weight excluding hydrogens is 298 g/mol. The van der Waals surface area contributed by atoms with E-state index in [4.69, 9.17) is 9.11 Å². The first-order valence-electron chi connectivity index (χ1n) is 5.05. The second-order valence-electron chi connectivity index (χ2n) is 3.64. The fraction of sp³-hybridized carbons (Fsp3) is 0.333. The molecule has 1 rings (SSSR count). The zero-order valence-corrected chi connectivity index (χ0v) is 11.3. The molecule has 0 spiro atoms. The SMILES string of the molecule is O=S(=O)(O)CC(CNc1ccccc1)OS(=O)(=O)O. The molecule has 0 saturated heterocycles. The first-order valence-corrected chi connectivity index (χ1v) is 8.03. The molecule has 0 aliphatic heterocycles. The number of hydrogen-bond donors (Lipinski definition) is 3. The largest absolute Gasteiger partial charge is 0.397 e. The molecule has 1 aromatic carbocycles. The zero-order valence-electron chi connectivity index (χ0n) is 9.63. The van der Waals surface area contributed by atoms with Gasteiger partial charge >= 0.3 is 10.4 Å². The van der Waals surface area contributed by atoms with E-state index in [-0.39, 0.29) is 6.54 Å². The molecule has 0 bridgehead atoms. The molecule has 10 heteroatoms. The Labute approximate surface area is 111 Å². The van der Waals surface area contributed by atoms with Crippen LogP contribution >= 0.6 is 0 Å². The summed E-state index contributed by atoms with van der Waals surface area (Å²) in [6.07, 6.45) is -1.45. The molecule has 0 amide bonds. The molecule has 0 aromatic heterocycles. The Bertz CT molecular complexity index is 563. The van der Waals surface area contributed by atoms with Gasteiger partial charge in [-0.05, 0) is 12.1 Å². The molecule has 1 atom stereocenters. The topological polar surface area (TPSA) is 130 Å². The summed E-state index contributed by atoms with van der Waals surface area (Å²) in [5.41, 5.74) is 0.599. The molecule has 108 valence electrons. The molecule has 0 fully saturated rings. The standard InChI is InChI=1S/C9H13NO7S2/c11-18(12,13)7-9(17-19(14,15)16)6-10-8-4-2-1-3-5-8/h1-5,9-10H,6-7H2,(H,11,12,13)(H,14,15,16). The zero-order chi connectivity index (χ0) is 14.5. The van der Waals surface area contributed by atoms with Gasteiger partial charge in [0.1, 0.15) is 11.9 Å². The molecule has 0 aliphatic carbocycles. The predicted molar refractivity (Wildman–Crippen MR) is 67.8 cm³/mol. The first-order chi connectivity index (χ1) is 8.66. The number of hydrogen-bond acceptors (Lipinski definition) is 6. The van der Waals surface area contributed by atoms with E-state index in [0.29, 0.717) is 5.69 Å². The summed E-state index contributed by atoms with van der Waals surface area (Å²) in [5, 5.41) is 2.71. The molecular formula is C9H13NO7S2. The van der Waals surface area contributed by atoms with Crippen LogP contribution in [-0.2, 0) is 24.7 Å². The van der Waals surface area contributed by atoms with Gasteiger partial charge in [-0.1, -0.05) is 18.2 Å². The molecule has 8 nitrogen and oxygen atoms in total. The Morgan fingerprint density at radius 2 is 1.68 bits per heavy atom. The van der Waals surface area contributed by atoms with Crippen LogP contribution < -0.4 is 5.32 Å². The summed E-state index contributed by atoms with van der Waals surface area (Å²) in [4.78, 5) is 0. The minimum absolute atomic E-state index is 0.233. The van der Waals surface area contributed by atoms with Gasteiger partial charge in [-0.3, -0.25) is 9.11 Å². The third-order valence-electron chi connectivity index (χ3n) is 1.96. The van der Waals surface area contributed by atoms with Crippen LogP contribution in [0.1, 0.15) is 0 Å². The van der Waals surface area contributed by atoms with Gasteiger partial charge in [0.05, 0.1) is 0 Å². The highest BCUT2D eigenvalue weighted by molar-refractivity contribution is 7.85. The lowest BCUT2D eigenvalue weighted by Gasteiger charge is -2.15. The Morgan fingerprint density at radius 3 is 2.16 bits per heavy atom. The van der Waals surface area contributed by atoms with E-state index in [2.05, 4.69) is 9.50 Å². The van der Waals surface area contributed by atoms with E-state index in [9.17, 15) is 16.8 Å². The highest BCUT2D eigenvalue weighted by Gasteiger charge is 2.23. The van der Waals surface area contributed by atoms with Crippen molar-refractivity contribution < 1.29 is 30.1 Å². The minimum Gasteiger partial charge on any atom is -0.382 e. The van der Waals surface area contributed by atoms with E-state index < -0.39 is 32.4 Å². The van der Waals surface area contributed by atoms with E-state index in [1.165, 1.54) is 0 Å². The Hall–Kier alpha value is -1.20. The van der Waals surface area contributed by atoms with Crippen LogP contribution in [-0.4, -0.2) is 44.3 Å². The van der Waals surface area contributed by atoms with Crippen molar-refractivity contribution in [1.29, 1.82) is 0 Å². The Morgan fingerprint density at radius 1 is 1.11 bits per heavy atom. The van der Waals surface area contributed by atoms with Crippen molar-refractivity contribution in [2.75, 3.05) is 17.6 Å². The van der Waals surface area contributed by atoms with Gasteiger partial charge in [0.25, 0.3) is 10.1 Å². The van der Waals surface area contributed by atoms with Crippen molar-refractivity contribution in [2.45, 2.75) is 6.10 Å². The third kappa shape index (κ3) is 7.74. The minimum atomic E-state index is -4.82. The van der Waals surface area contributed by atoms with Gasteiger partial charge in [-0.2, -0.15) is 16.8 Å². The van der Waals surface area contributed by atoms with Gasteiger partial charge < -0.3 is 5.32 Å². The summed E-state index contributed by atoms with van der Waals surface area (Å²) in [5.74, 6) is -0.966. The lowest BCUT2D eigenvalue weighted by atomic mass is 10.3. The number of nitrogens with one attached hydrogen (secondary N) is 1. The van der Waals surface area contributed by atoms with Crippen molar-refractivity contribution in [3.05, 3.63) is 30.3 Å². The molecule has 1 aromatic rings. The Kier molecular flexibility index (Phi) is 5.26. The van der Waals surface area contributed by atoms with Gasteiger partial charge in [0.15, 0.2) is 0 Å². The van der Waals surface area contributed by atoms with Crippen LogP contribution in [0, 0.1) is 0 Å². The van der Waals surface area contributed by atoms with Crippen molar-refractivity contribution in [1.82, 2.24) is 0 Å². The van der Waals surface area contributed by atoms with Crippen molar-refractivity contribution >= 4 is 26.2 Å². The molecule has 0 aliphatic rings. The molecule has 1 unspecified atom stereocenters. The third-order valence-corrected chi connectivity index (χ3v) is 3.27. The van der Waals surface area contributed by atoms with Gasteiger partial charge in [0, 0.05) is 12.2 Å². The highest BCUT2D eigenvalue weighted by atomic mass is 32.3. The number of rotatable bonds is 7. The van der Waals surface area contributed by atoms with E-state index >= 15 is 0 Å². The fourth-order valence-corrected chi connectivity index (χ4v) is 2.54. The maximum Gasteiger partial charge on any atom is 0.397 e. The first kappa shape index (κ1) is 15.9. The maximum atomic E-state index is 10.7. The van der Waals surface area contributed by atoms with E-state index in [1.807, 2.05) is 0 Å². The van der Waals surface area contributed by atoms with Crippen molar-refractivity contribution in [3.63, 3.8) is 0 Å². The summed E-state index contributed by atoms with van der Waals surface area (Å²) in [6, 6.07) is 8.51. The summed E-state index contributed by atoms with van der Waals surface area (Å²) in [6.45, 7) is -0.233. The average Bonchev–Trinajstić information content (AvgIpc) is 2.23. The second kappa shape index (κ2) is 6.30. The predicted octanol–water partition coefficient (Wildman–Crippen LogP) is 0.174. The summed E-state index contributed by atoms with van der Waals surface area (Å²) in [7, 11) is -9.26. The van der Waals surface area contributed by atoms with Crippen LogP contribution in [0.2, 0.25) is 0 Å². The van der Waals surface area contributed by atoms with Crippen molar-refractivity contribution in [2.24, 2.45) is 0 Å². The molecule has 0 radical (unpaired) electrons. The smallest absolute Gasteiger partial charge is 0.382 e. The van der Waals surface area contributed by atoms with Gasteiger partial charge in [-0.15, -0.1) is 0 Å². The lowest BCUT2D eigenvalue weighted by molar-refractivity contribution is 0.207. The summed E-state index contributed by atoms with van der Waals surface area (Å²) < 4.78 is 63.9. The van der Waals surface area contributed by atoms with Gasteiger partial charge in [0.2, 0.25) is 0 Å². The summed E-state index contributed by atoms with van der Waals surface area (Å²) >= 11 is 0. The van der Waals surface area contributed by atoms with E-state index in [0.717, 1.165) is 0 Å². The number of benzene rings is 1. The number of para-hydroxylation sites is 1. The maximum absolute atomic E-state index is 10.7. The molecule has 0 saturated carbocycles. The van der Waals surface area contributed by atoms with Crippen LogP contribution in [0.4, 0.5) is 5.69 Å². The van der Waals surface area contributed by atoms with Crippen LogP contribution in [0.3, 0.4) is 0 Å². The fourth-order valence-electron chi connectivity index (χ4n) is 1.32. The molecule has 0 heterocycles.